The number of nitrogens with one attached hydrogen (secondary N) is 1. The number of nitrogens with zero attached hydrogens (tertiary/aromatic N) is 5. The second kappa shape index (κ2) is 14.8. The van der Waals surface area contributed by atoms with Crippen LogP contribution in [0.15, 0.2) is 70.6 Å². The number of aromatic nitrogens is 4. The van der Waals surface area contributed by atoms with E-state index in [0.717, 1.165) is 17.6 Å². The summed E-state index contributed by atoms with van der Waals surface area (Å²) in [4.78, 5) is 64.4. The zero-order valence-corrected chi connectivity index (χ0v) is 29.9. The van der Waals surface area contributed by atoms with Gasteiger partial charge in [-0.15, -0.1) is 0 Å². The molecule has 3 atom stereocenters. The zero-order chi connectivity index (χ0) is 38.2. The number of rotatable bonds is 10. The zero-order valence-electron chi connectivity index (χ0n) is 29.9. The molecule has 0 radical (unpaired) electrons. The standard InChI is InChI=1S/C38H39F3N6O6/c1-6-22(3)53-36(50)28(44-34(48)32-21(2)16-24(18-27(32)39)46-14-15-52-20-31(46)38(4,40)41)17-23-9-10-29(33-25(23)8-7-12-43-33)47-35(49)26-11-13-42-19-30(26)45(5)37(47)51/h7-13,16,18-19,22,28,31H,6,14-15,17,20H2,1-5H3,(H,44,48)/t22-,28+,31-/m1/s1. The van der Waals surface area contributed by atoms with Gasteiger partial charge in [0.25, 0.3) is 17.4 Å². The fourth-order valence-corrected chi connectivity index (χ4v) is 6.60. The third-order valence-corrected chi connectivity index (χ3v) is 9.60. The first-order valence-electron chi connectivity index (χ1n) is 17.2. The summed E-state index contributed by atoms with van der Waals surface area (Å²) in [5.41, 5.74) is 0.184. The van der Waals surface area contributed by atoms with Gasteiger partial charge in [0.1, 0.15) is 17.9 Å². The van der Waals surface area contributed by atoms with Crippen molar-refractivity contribution in [2.24, 2.45) is 7.05 Å². The van der Waals surface area contributed by atoms with E-state index < -0.39 is 53.1 Å². The van der Waals surface area contributed by atoms with Crippen LogP contribution in [-0.2, 0) is 27.7 Å². The number of alkyl halides is 2. The Bertz CT molecular complexity index is 2320. The molecule has 0 bridgehead atoms. The summed E-state index contributed by atoms with van der Waals surface area (Å²) in [6.45, 7) is 5.82. The van der Waals surface area contributed by atoms with E-state index in [1.807, 2.05) is 6.92 Å². The van der Waals surface area contributed by atoms with Crippen LogP contribution in [0.1, 0.15) is 48.7 Å². The van der Waals surface area contributed by atoms with Gasteiger partial charge in [-0.25, -0.2) is 27.3 Å². The van der Waals surface area contributed by atoms with Gasteiger partial charge in [0.15, 0.2) is 0 Å². The van der Waals surface area contributed by atoms with Crippen LogP contribution >= 0.6 is 0 Å². The number of ether oxygens (including phenoxy) is 2. The number of hydrogen-bond donors (Lipinski definition) is 1. The van der Waals surface area contributed by atoms with Crippen molar-refractivity contribution in [3.8, 4) is 5.69 Å². The molecule has 5 aromatic rings. The van der Waals surface area contributed by atoms with Gasteiger partial charge in [0.05, 0.1) is 53.2 Å². The molecule has 4 heterocycles. The largest absolute Gasteiger partial charge is 0.461 e. The smallest absolute Gasteiger partial charge is 0.335 e. The first-order chi connectivity index (χ1) is 25.2. The molecular formula is C38H39F3N6O6. The van der Waals surface area contributed by atoms with Crippen molar-refractivity contribution in [2.75, 3.05) is 24.7 Å². The lowest BCUT2D eigenvalue weighted by molar-refractivity contribution is -0.150. The van der Waals surface area contributed by atoms with Gasteiger partial charge in [-0.1, -0.05) is 19.1 Å². The number of aryl methyl sites for hydroxylation is 2. The Hall–Kier alpha value is -5.57. The maximum absolute atomic E-state index is 15.8. The number of anilines is 1. The highest BCUT2D eigenvalue weighted by molar-refractivity contribution is 5.99. The van der Waals surface area contributed by atoms with Crippen LogP contribution in [0.4, 0.5) is 18.9 Å². The van der Waals surface area contributed by atoms with E-state index in [1.165, 1.54) is 54.2 Å². The van der Waals surface area contributed by atoms with Gasteiger partial charge in [-0.3, -0.25) is 24.1 Å². The molecule has 1 N–H and O–H groups in total. The topological polar surface area (TPSA) is 138 Å². The van der Waals surface area contributed by atoms with Crippen molar-refractivity contribution in [3.63, 3.8) is 0 Å². The van der Waals surface area contributed by atoms with E-state index in [0.29, 0.717) is 22.9 Å². The third-order valence-electron chi connectivity index (χ3n) is 9.60. The second-order valence-corrected chi connectivity index (χ2v) is 13.3. The lowest BCUT2D eigenvalue weighted by Gasteiger charge is -2.40. The Morgan fingerprint density at radius 1 is 1.13 bits per heavy atom. The summed E-state index contributed by atoms with van der Waals surface area (Å²) in [5, 5.41) is 3.40. The summed E-state index contributed by atoms with van der Waals surface area (Å²) in [6, 6.07) is 7.91. The molecule has 15 heteroatoms. The average Bonchev–Trinajstić information content (AvgIpc) is 3.13. The minimum Gasteiger partial charge on any atom is -0.461 e. The fraction of sp³-hybridized carbons (Fsp3) is 0.368. The lowest BCUT2D eigenvalue weighted by atomic mass is 9.98. The molecule has 1 fully saturated rings. The van der Waals surface area contributed by atoms with Crippen LogP contribution in [0.2, 0.25) is 0 Å². The molecule has 0 spiro atoms. The molecule has 1 aliphatic rings. The normalized spacial score (nSPS) is 16.1. The molecule has 3 aromatic heterocycles. The van der Waals surface area contributed by atoms with Crippen LogP contribution in [0.25, 0.3) is 27.5 Å². The van der Waals surface area contributed by atoms with Crippen LogP contribution in [0.5, 0.6) is 0 Å². The van der Waals surface area contributed by atoms with Gasteiger partial charge in [0, 0.05) is 50.4 Å². The number of esters is 1. The van der Waals surface area contributed by atoms with Crippen molar-refractivity contribution < 1.29 is 32.2 Å². The Morgan fingerprint density at radius 3 is 2.62 bits per heavy atom. The third kappa shape index (κ3) is 7.25. The van der Waals surface area contributed by atoms with E-state index in [-0.39, 0.29) is 59.6 Å². The van der Waals surface area contributed by atoms with Crippen LogP contribution in [0.3, 0.4) is 0 Å². The second-order valence-electron chi connectivity index (χ2n) is 13.3. The highest BCUT2D eigenvalue weighted by Crippen LogP contribution is 2.32. The minimum absolute atomic E-state index is 0.102. The monoisotopic (exact) mass is 732 g/mol. The van der Waals surface area contributed by atoms with Crippen LogP contribution in [0, 0.1) is 12.7 Å². The summed E-state index contributed by atoms with van der Waals surface area (Å²) >= 11 is 0. The summed E-state index contributed by atoms with van der Waals surface area (Å²) in [6.07, 6.45) is 4.27. The quantitative estimate of drug-likeness (QED) is 0.204. The van der Waals surface area contributed by atoms with E-state index >= 15 is 4.39 Å². The molecule has 1 amide bonds. The Balaban J connectivity index is 1.37. The van der Waals surface area contributed by atoms with Crippen LogP contribution in [-0.4, -0.2) is 74.8 Å². The number of amides is 1. The molecule has 2 aromatic carbocycles. The molecular weight excluding hydrogens is 693 g/mol. The van der Waals surface area contributed by atoms with Gasteiger partial charge in [-0.05, 0) is 61.7 Å². The highest BCUT2D eigenvalue weighted by atomic mass is 19.3. The molecule has 0 unspecified atom stereocenters. The van der Waals surface area contributed by atoms with Gasteiger partial charge in [-0.2, -0.15) is 0 Å². The molecule has 6 rings (SSSR count). The number of fused-ring (bicyclic) bond motifs is 2. The van der Waals surface area contributed by atoms with Gasteiger partial charge < -0.3 is 19.7 Å². The summed E-state index contributed by atoms with van der Waals surface area (Å²) in [5.74, 6) is -5.76. The van der Waals surface area contributed by atoms with Gasteiger partial charge >= 0.3 is 11.7 Å². The SMILES string of the molecule is CC[C@@H](C)OC(=O)[C@H](Cc1ccc(-n2c(=O)c3ccncc3n(C)c2=O)c2ncccc12)NC(=O)c1c(C)cc(N2CCOC[C@@H]2C(C)(F)F)cc1F. The Morgan fingerprint density at radius 2 is 1.91 bits per heavy atom. The van der Waals surface area contributed by atoms with E-state index in [9.17, 15) is 28.0 Å². The van der Waals surface area contributed by atoms with E-state index in [4.69, 9.17) is 9.47 Å². The van der Waals surface area contributed by atoms with Crippen molar-refractivity contribution >= 4 is 39.4 Å². The Labute approximate surface area is 302 Å². The Kier molecular flexibility index (Phi) is 10.4. The van der Waals surface area contributed by atoms with Crippen molar-refractivity contribution in [1.82, 2.24) is 24.4 Å². The minimum atomic E-state index is -3.14. The highest BCUT2D eigenvalue weighted by Gasteiger charge is 2.41. The first kappa shape index (κ1) is 37.2. The van der Waals surface area contributed by atoms with Crippen LogP contribution < -0.4 is 21.5 Å². The number of carbonyl (C=O) groups excluding carboxylic acids is 2. The number of carbonyl (C=O) groups is 2. The molecule has 12 nitrogen and oxygen atoms in total. The summed E-state index contributed by atoms with van der Waals surface area (Å²) in [7, 11) is 1.53. The fourth-order valence-electron chi connectivity index (χ4n) is 6.60. The molecule has 0 saturated carbocycles. The predicted molar refractivity (Wildman–Crippen MR) is 192 cm³/mol. The number of morpholine rings is 1. The van der Waals surface area contributed by atoms with Gasteiger partial charge in [0.2, 0.25) is 0 Å². The first-order valence-corrected chi connectivity index (χ1v) is 17.2. The number of hydrogen-bond acceptors (Lipinski definition) is 9. The maximum atomic E-state index is 15.8. The van der Waals surface area contributed by atoms with Crippen molar-refractivity contribution in [3.05, 3.63) is 104 Å². The molecule has 1 aliphatic heterocycles. The van der Waals surface area contributed by atoms with E-state index in [1.54, 1.807) is 31.2 Å². The lowest BCUT2D eigenvalue weighted by Crippen LogP contribution is -2.54. The predicted octanol–water partition coefficient (Wildman–Crippen LogP) is 4.62. The number of benzene rings is 2. The molecule has 53 heavy (non-hydrogen) atoms. The van der Waals surface area contributed by atoms with Crippen molar-refractivity contribution in [1.29, 1.82) is 0 Å². The molecule has 278 valence electrons. The van der Waals surface area contributed by atoms with Crippen molar-refractivity contribution in [2.45, 2.75) is 64.6 Å². The maximum Gasteiger partial charge on any atom is 0.335 e. The molecule has 0 aliphatic carbocycles. The molecule has 1 saturated heterocycles. The average molecular weight is 733 g/mol. The number of halogens is 3. The summed E-state index contributed by atoms with van der Waals surface area (Å²) < 4.78 is 57.9. The number of pyridine rings is 2. The van der Waals surface area contributed by atoms with E-state index in [2.05, 4.69) is 15.3 Å².